The second kappa shape index (κ2) is 6.62. The van der Waals surface area contributed by atoms with Crippen LogP contribution in [0.1, 0.15) is 67.3 Å². The minimum atomic E-state index is 0.469. The molecule has 0 spiro atoms. The molecular weight excluding hydrogens is 340 g/mol. The Morgan fingerprint density at radius 3 is 2.81 bits per heavy atom. The van der Waals surface area contributed by atoms with Crippen LogP contribution in [0.25, 0.3) is 11.0 Å². The molecule has 7 heteroatoms. The van der Waals surface area contributed by atoms with Crippen molar-refractivity contribution in [1.82, 2.24) is 24.9 Å². The molecule has 0 radical (unpaired) electrons. The van der Waals surface area contributed by atoms with Crippen molar-refractivity contribution >= 4 is 16.9 Å². The third kappa shape index (κ3) is 2.89. The molecular formula is C20H26N6O. The molecule has 0 bridgehead atoms. The molecule has 0 saturated heterocycles. The van der Waals surface area contributed by atoms with Gasteiger partial charge in [-0.2, -0.15) is 5.10 Å². The van der Waals surface area contributed by atoms with E-state index in [1.54, 1.807) is 0 Å². The lowest BCUT2D eigenvalue weighted by molar-refractivity contribution is 0.368. The van der Waals surface area contributed by atoms with Crippen molar-refractivity contribution in [2.24, 2.45) is 7.05 Å². The maximum Gasteiger partial charge on any atom is 0.163 e. The largest absolute Gasteiger partial charge is 0.361 e. The Morgan fingerprint density at radius 1 is 1.15 bits per heavy atom. The zero-order valence-corrected chi connectivity index (χ0v) is 16.1. The lowest BCUT2D eigenvalue weighted by Gasteiger charge is -2.20. The lowest BCUT2D eigenvalue weighted by atomic mass is 9.96. The first-order chi connectivity index (χ1) is 13.2. The van der Waals surface area contributed by atoms with Crippen molar-refractivity contribution in [3.8, 4) is 0 Å². The van der Waals surface area contributed by atoms with E-state index in [1.807, 2.05) is 17.9 Å². The Labute approximate surface area is 158 Å². The molecule has 5 rings (SSSR count). The van der Waals surface area contributed by atoms with Gasteiger partial charge < -0.3 is 9.42 Å². The molecule has 3 heterocycles. The van der Waals surface area contributed by atoms with Crippen LogP contribution in [0, 0.1) is 0 Å². The van der Waals surface area contributed by atoms with Gasteiger partial charge in [-0.15, -0.1) is 0 Å². The molecule has 0 amide bonds. The highest BCUT2D eigenvalue weighted by molar-refractivity contribution is 5.86. The van der Waals surface area contributed by atoms with Crippen molar-refractivity contribution in [3.05, 3.63) is 29.0 Å². The topological polar surface area (TPSA) is 72.9 Å². The molecule has 3 aromatic rings. The normalized spacial score (nSPS) is 17.6. The third-order valence-corrected chi connectivity index (χ3v) is 6.09. The number of aromatic nitrogens is 5. The Bertz CT molecular complexity index is 968. The predicted molar refractivity (Wildman–Crippen MR) is 103 cm³/mol. The highest BCUT2D eigenvalue weighted by atomic mass is 16.5. The van der Waals surface area contributed by atoms with Crippen LogP contribution in [-0.2, 0) is 26.4 Å². The maximum atomic E-state index is 5.59. The van der Waals surface area contributed by atoms with Gasteiger partial charge in [-0.1, -0.05) is 18.0 Å². The minimum absolute atomic E-state index is 0.469. The number of hydrogen-bond donors (Lipinski definition) is 0. The summed E-state index contributed by atoms with van der Waals surface area (Å²) in [7, 11) is 4.03. The van der Waals surface area contributed by atoms with Crippen LogP contribution in [-0.4, -0.2) is 32.0 Å². The summed E-state index contributed by atoms with van der Waals surface area (Å²) in [4.78, 5) is 12.0. The fourth-order valence-corrected chi connectivity index (χ4v) is 4.55. The zero-order valence-electron chi connectivity index (χ0n) is 16.1. The molecule has 0 N–H and O–H groups in total. The number of nitrogens with zero attached hydrogens (tertiary/aromatic N) is 6. The standard InChI is InChI=1S/C20H26N6O/c1-25(12-16-14-9-5-6-10-17(14)27-24-16)19-15-11-21-26(2)20(15)23-18(22-19)13-7-3-4-8-13/h11,13H,3-10,12H2,1-2H3. The molecule has 0 aliphatic heterocycles. The van der Waals surface area contributed by atoms with E-state index < -0.39 is 0 Å². The van der Waals surface area contributed by atoms with Crippen molar-refractivity contribution in [1.29, 1.82) is 0 Å². The first-order valence-corrected chi connectivity index (χ1v) is 10.1. The first kappa shape index (κ1) is 16.7. The Balaban J connectivity index is 1.52. The second-order valence-corrected chi connectivity index (χ2v) is 7.99. The molecule has 27 heavy (non-hydrogen) atoms. The number of fused-ring (bicyclic) bond motifs is 2. The number of aryl methyl sites for hydroxylation is 2. The number of rotatable bonds is 4. The van der Waals surface area contributed by atoms with E-state index in [4.69, 9.17) is 14.5 Å². The van der Waals surface area contributed by atoms with Gasteiger partial charge in [-0.25, -0.2) is 9.97 Å². The molecule has 2 aliphatic rings. The smallest absolute Gasteiger partial charge is 0.163 e. The summed E-state index contributed by atoms with van der Waals surface area (Å²) < 4.78 is 7.45. The van der Waals surface area contributed by atoms with Crippen LogP contribution in [0.15, 0.2) is 10.7 Å². The minimum Gasteiger partial charge on any atom is -0.361 e. The first-order valence-electron chi connectivity index (χ1n) is 10.1. The molecule has 1 saturated carbocycles. The summed E-state index contributed by atoms with van der Waals surface area (Å²) in [6.07, 6.45) is 11.3. The summed E-state index contributed by atoms with van der Waals surface area (Å²) >= 11 is 0. The Hall–Kier alpha value is -2.44. The fourth-order valence-electron chi connectivity index (χ4n) is 4.55. The molecule has 3 aromatic heterocycles. The maximum absolute atomic E-state index is 5.59. The zero-order chi connectivity index (χ0) is 18.4. The highest BCUT2D eigenvalue weighted by Crippen LogP contribution is 2.35. The molecule has 0 aromatic carbocycles. The van der Waals surface area contributed by atoms with Gasteiger partial charge in [0.2, 0.25) is 0 Å². The average Bonchev–Trinajstić information content (AvgIpc) is 3.42. The fraction of sp³-hybridized carbons (Fsp3) is 0.600. The number of hydrogen-bond acceptors (Lipinski definition) is 6. The summed E-state index contributed by atoms with van der Waals surface area (Å²) in [5.41, 5.74) is 3.27. The summed E-state index contributed by atoms with van der Waals surface area (Å²) in [6.45, 7) is 0.698. The van der Waals surface area contributed by atoms with E-state index in [2.05, 4.69) is 22.2 Å². The van der Waals surface area contributed by atoms with Crippen LogP contribution in [0.2, 0.25) is 0 Å². The quantitative estimate of drug-likeness (QED) is 0.703. The van der Waals surface area contributed by atoms with Crippen molar-refractivity contribution in [2.45, 2.75) is 63.8 Å². The van der Waals surface area contributed by atoms with Crippen LogP contribution in [0.5, 0.6) is 0 Å². The van der Waals surface area contributed by atoms with Gasteiger partial charge in [0.05, 0.1) is 18.1 Å². The van der Waals surface area contributed by atoms with Crippen LogP contribution in [0.3, 0.4) is 0 Å². The van der Waals surface area contributed by atoms with Crippen molar-refractivity contribution in [2.75, 3.05) is 11.9 Å². The highest BCUT2D eigenvalue weighted by Gasteiger charge is 2.25. The van der Waals surface area contributed by atoms with Crippen molar-refractivity contribution < 1.29 is 4.52 Å². The number of anilines is 1. The van der Waals surface area contributed by atoms with E-state index >= 15 is 0 Å². The molecule has 2 aliphatic carbocycles. The predicted octanol–water partition coefficient (Wildman–Crippen LogP) is 3.52. The van der Waals surface area contributed by atoms with Gasteiger partial charge in [0.1, 0.15) is 23.1 Å². The van der Waals surface area contributed by atoms with Gasteiger partial charge in [-0.05, 0) is 32.1 Å². The van der Waals surface area contributed by atoms with E-state index in [1.165, 1.54) is 44.1 Å². The summed E-state index contributed by atoms with van der Waals surface area (Å²) in [5, 5.41) is 9.79. The SMILES string of the molecule is CN(Cc1noc2c1CCCC2)c1nc(C2CCCC2)nc2c1cnn2C. The summed E-state index contributed by atoms with van der Waals surface area (Å²) in [6, 6.07) is 0. The second-order valence-electron chi connectivity index (χ2n) is 7.99. The molecule has 0 unspecified atom stereocenters. The summed E-state index contributed by atoms with van der Waals surface area (Å²) in [5.74, 6) is 3.46. The average molecular weight is 366 g/mol. The van der Waals surface area contributed by atoms with Crippen LogP contribution in [0.4, 0.5) is 5.82 Å². The van der Waals surface area contributed by atoms with Gasteiger partial charge >= 0.3 is 0 Å². The van der Waals surface area contributed by atoms with E-state index in [-0.39, 0.29) is 0 Å². The molecule has 7 nitrogen and oxygen atoms in total. The van der Waals surface area contributed by atoms with E-state index in [9.17, 15) is 0 Å². The molecule has 142 valence electrons. The van der Waals surface area contributed by atoms with Crippen LogP contribution < -0.4 is 4.90 Å². The van der Waals surface area contributed by atoms with Gasteiger partial charge in [-0.3, -0.25) is 4.68 Å². The lowest BCUT2D eigenvalue weighted by Crippen LogP contribution is -2.21. The monoisotopic (exact) mass is 366 g/mol. The molecule has 1 fully saturated rings. The molecule has 0 atom stereocenters. The van der Waals surface area contributed by atoms with E-state index in [0.29, 0.717) is 12.5 Å². The van der Waals surface area contributed by atoms with E-state index in [0.717, 1.165) is 47.0 Å². The van der Waals surface area contributed by atoms with Gasteiger partial charge in [0.15, 0.2) is 5.65 Å². The Morgan fingerprint density at radius 2 is 1.96 bits per heavy atom. The van der Waals surface area contributed by atoms with Gasteiger partial charge in [0, 0.05) is 32.0 Å². The third-order valence-electron chi connectivity index (χ3n) is 6.09. The Kier molecular flexibility index (Phi) is 4.10. The van der Waals surface area contributed by atoms with Gasteiger partial charge in [0.25, 0.3) is 0 Å². The van der Waals surface area contributed by atoms with Crippen molar-refractivity contribution in [3.63, 3.8) is 0 Å². The van der Waals surface area contributed by atoms with Crippen LogP contribution >= 0.6 is 0 Å².